The van der Waals surface area contributed by atoms with Gasteiger partial charge in [-0.2, -0.15) is 12.6 Å². The fourth-order valence-corrected chi connectivity index (χ4v) is 2.24. The van der Waals surface area contributed by atoms with E-state index in [1.807, 2.05) is 20.8 Å². The van der Waals surface area contributed by atoms with Gasteiger partial charge in [0, 0.05) is 18.3 Å². The Balaban J connectivity index is 2.39. The summed E-state index contributed by atoms with van der Waals surface area (Å²) in [6.07, 6.45) is 1.53. The molecule has 1 unspecified atom stereocenters. The number of thiol groups is 1. The van der Waals surface area contributed by atoms with Crippen molar-refractivity contribution in [3.63, 3.8) is 0 Å². The van der Waals surface area contributed by atoms with Crippen LogP contribution in [0.2, 0.25) is 0 Å². The van der Waals surface area contributed by atoms with Crippen molar-refractivity contribution in [3.8, 4) is 0 Å². The first kappa shape index (κ1) is 14.6. The van der Waals surface area contributed by atoms with Gasteiger partial charge in [0.05, 0.1) is 6.61 Å². The second-order valence-electron chi connectivity index (χ2n) is 5.55. The van der Waals surface area contributed by atoms with Crippen LogP contribution in [0.1, 0.15) is 33.6 Å². The molecular formula is C12H23NO3S. The van der Waals surface area contributed by atoms with Gasteiger partial charge in [-0.1, -0.05) is 0 Å². The van der Waals surface area contributed by atoms with E-state index in [1.165, 1.54) is 0 Å². The number of amides is 1. The highest BCUT2D eigenvalue weighted by molar-refractivity contribution is 7.81. The number of carbonyl (C=O) groups is 1. The van der Waals surface area contributed by atoms with E-state index in [0.29, 0.717) is 19.0 Å². The SMILES string of the molecule is CC(C)(C)OC(=O)N1CCC(C(S)CO)CC1. The van der Waals surface area contributed by atoms with Gasteiger partial charge in [-0.25, -0.2) is 4.79 Å². The zero-order chi connectivity index (χ0) is 13.1. The van der Waals surface area contributed by atoms with Crippen LogP contribution in [0.25, 0.3) is 0 Å². The molecule has 0 saturated carbocycles. The minimum Gasteiger partial charge on any atom is -0.444 e. The van der Waals surface area contributed by atoms with Crippen molar-refractivity contribution < 1.29 is 14.6 Å². The molecule has 1 saturated heterocycles. The fourth-order valence-electron chi connectivity index (χ4n) is 1.94. The van der Waals surface area contributed by atoms with Crippen LogP contribution in [0.3, 0.4) is 0 Å². The molecule has 5 heteroatoms. The summed E-state index contributed by atoms with van der Waals surface area (Å²) in [4.78, 5) is 13.5. The number of carbonyl (C=O) groups excluding carboxylic acids is 1. The molecule has 0 aromatic rings. The number of nitrogens with zero attached hydrogens (tertiary/aromatic N) is 1. The largest absolute Gasteiger partial charge is 0.444 e. The summed E-state index contributed by atoms with van der Waals surface area (Å²) in [5, 5.41) is 9.06. The number of hydrogen-bond acceptors (Lipinski definition) is 4. The van der Waals surface area contributed by atoms with Crippen LogP contribution >= 0.6 is 12.6 Å². The number of rotatable bonds is 2. The van der Waals surface area contributed by atoms with Gasteiger partial charge in [-0.05, 0) is 39.5 Å². The number of piperidine rings is 1. The quantitative estimate of drug-likeness (QED) is 0.747. The lowest BCUT2D eigenvalue weighted by atomic mass is 9.93. The maximum atomic E-state index is 11.8. The summed E-state index contributed by atoms with van der Waals surface area (Å²) < 4.78 is 5.32. The Labute approximate surface area is 109 Å². The third kappa shape index (κ3) is 4.76. The van der Waals surface area contributed by atoms with E-state index < -0.39 is 5.60 Å². The molecule has 1 heterocycles. The second-order valence-corrected chi connectivity index (χ2v) is 6.22. The Hall–Kier alpha value is -0.420. The summed E-state index contributed by atoms with van der Waals surface area (Å²) >= 11 is 4.34. The van der Waals surface area contributed by atoms with Gasteiger partial charge >= 0.3 is 6.09 Å². The Kier molecular flexibility index (Phi) is 5.13. The first-order valence-electron chi connectivity index (χ1n) is 6.10. The van der Waals surface area contributed by atoms with Crippen molar-refractivity contribution in [3.05, 3.63) is 0 Å². The Morgan fingerprint density at radius 2 is 2.00 bits per heavy atom. The summed E-state index contributed by atoms with van der Waals surface area (Å²) in [6, 6.07) is 0. The van der Waals surface area contributed by atoms with Crippen molar-refractivity contribution in [2.75, 3.05) is 19.7 Å². The summed E-state index contributed by atoms with van der Waals surface area (Å²) in [5.41, 5.74) is -0.439. The molecule has 0 radical (unpaired) electrons. The van der Waals surface area contributed by atoms with Gasteiger partial charge in [-0.3, -0.25) is 0 Å². The van der Waals surface area contributed by atoms with Crippen molar-refractivity contribution in [2.24, 2.45) is 5.92 Å². The molecule has 17 heavy (non-hydrogen) atoms. The lowest BCUT2D eigenvalue weighted by molar-refractivity contribution is 0.0179. The Morgan fingerprint density at radius 3 is 2.41 bits per heavy atom. The van der Waals surface area contributed by atoms with Gasteiger partial charge in [0.2, 0.25) is 0 Å². The molecule has 0 aliphatic carbocycles. The van der Waals surface area contributed by atoms with Crippen LogP contribution in [0.4, 0.5) is 4.79 Å². The lowest BCUT2D eigenvalue weighted by Gasteiger charge is -2.35. The molecule has 1 aliphatic heterocycles. The molecule has 0 aromatic carbocycles. The highest BCUT2D eigenvalue weighted by Gasteiger charge is 2.29. The first-order valence-corrected chi connectivity index (χ1v) is 6.62. The van der Waals surface area contributed by atoms with Crippen LogP contribution in [0, 0.1) is 5.92 Å². The average Bonchev–Trinajstić information content (AvgIpc) is 2.26. The van der Waals surface area contributed by atoms with Crippen LogP contribution in [0.15, 0.2) is 0 Å². The molecule has 1 atom stereocenters. The van der Waals surface area contributed by atoms with E-state index >= 15 is 0 Å². The number of aliphatic hydroxyl groups is 1. The molecule has 1 rings (SSSR count). The van der Waals surface area contributed by atoms with Gasteiger partial charge in [0.25, 0.3) is 0 Å². The molecule has 1 N–H and O–H groups in total. The van der Waals surface area contributed by atoms with Crippen LogP contribution in [0.5, 0.6) is 0 Å². The highest BCUT2D eigenvalue weighted by Crippen LogP contribution is 2.24. The maximum Gasteiger partial charge on any atom is 0.410 e. The fraction of sp³-hybridized carbons (Fsp3) is 0.917. The van der Waals surface area contributed by atoms with E-state index in [2.05, 4.69) is 12.6 Å². The monoisotopic (exact) mass is 261 g/mol. The molecule has 0 bridgehead atoms. The molecule has 0 spiro atoms. The van der Waals surface area contributed by atoms with Gasteiger partial charge in [0.1, 0.15) is 5.60 Å². The van der Waals surface area contributed by atoms with E-state index in [0.717, 1.165) is 12.8 Å². The Morgan fingerprint density at radius 1 is 1.47 bits per heavy atom. The smallest absolute Gasteiger partial charge is 0.410 e. The molecular weight excluding hydrogens is 238 g/mol. The Bertz CT molecular complexity index is 257. The predicted molar refractivity (Wildman–Crippen MR) is 70.4 cm³/mol. The van der Waals surface area contributed by atoms with Crippen molar-refractivity contribution in [1.29, 1.82) is 0 Å². The molecule has 4 nitrogen and oxygen atoms in total. The maximum absolute atomic E-state index is 11.8. The van der Waals surface area contributed by atoms with E-state index in [-0.39, 0.29) is 18.0 Å². The molecule has 0 aromatic heterocycles. The number of hydrogen-bond donors (Lipinski definition) is 2. The zero-order valence-electron chi connectivity index (χ0n) is 10.8. The highest BCUT2D eigenvalue weighted by atomic mass is 32.1. The molecule has 1 amide bonds. The van der Waals surface area contributed by atoms with Gasteiger partial charge in [-0.15, -0.1) is 0 Å². The summed E-state index contributed by atoms with van der Waals surface area (Å²) in [6.45, 7) is 7.08. The normalized spacial score (nSPS) is 20.2. The third-order valence-electron chi connectivity index (χ3n) is 2.92. The summed E-state index contributed by atoms with van der Waals surface area (Å²) in [5.74, 6) is 0.391. The van der Waals surface area contributed by atoms with Crippen molar-refractivity contribution in [2.45, 2.75) is 44.5 Å². The second kappa shape index (κ2) is 5.96. The van der Waals surface area contributed by atoms with Crippen molar-refractivity contribution in [1.82, 2.24) is 4.90 Å². The first-order chi connectivity index (χ1) is 7.83. The third-order valence-corrected chi connectivity index (χ3v) is 3.51. The number of likely N-dealkylation sites (tertiary alicyclic amines) is 1. The van der Waals surface area contributed by atoms with Crippen LogP contribution in [-0.2, 0) is 4.74 Å². The van der Waals surface area contributed by atoms with E-state index in [4.69, 9.17) is 9.84 Å². The predicted octanol–water partition coefficient (Wildman–Crippen LogP) is 1.92. The molecule has 100 valence electrons. The van der Waals surface area contributed by atoms with Crippen molar-refractivity contribution >= 4 is 18.7 Å². The standard InChI is InChI=1S/C12H23NO3S/c1-12(2,3)16-11(15)13-6-4-9(5-7-13)10(17)8-14/h9-10,14,17H,4-8H2,1-3H3. The van der Waals surface area contributed by atoms with Crippen LogP contribution in [-0.4, -0.2) is 46.6 Å². The zero-order valence-corrected chi connectivity index (χ0v) is 11.7. The molecule has 1 fully saturated rings. The van der Waals surface area contributed by atoms with E-state index in [1.54, 1.807) is 4.90 Å². The minimum atomic E-state index is -0.439. The summed E-state index contributed by atoms with van der Waals surface area (Å²) in [7, 11) is 0. The number of ether oxygens (including phenoxy) is 1. The minimum absolute atomic E-state index is 0.0239. The van der Waals surface area contributed by atoms with Crippen LogP contribution < -0.4 is 0 Å². The van der Waals surface area contributed by atoms with Gasteiger partial charge in [0.15, 0.2) is 0 Å². The van der Waals surface area contributed by atoms with E-state index in [9.17, 15) is 4.79 Å². The topological polar surface area (TPSA) is 49.8 Å². The number of aliphatic hydroxyl groups excluding tert-OH is 1. The molecule has 1 aliphatic rings. The average molecular weight is 261 g/mol. The van der Waals surface area contributed by atoms with Gasteiger partial charge < -0.3 is 14.7 Å². The lowest BCUT2D eigenvalue weighted by Crippen LogP contribution is -2.43.